The molecule has 0 aliphatic rings. The number of carboxylic acid groups (broad SMARTS) is 2. The highest BCUT2D eigenvalue weighted by molar-refractivity contribution is 8.03. The minimum absolute atomic E-state index is 0.00231. The van der Waals surface area contributed by atoms with Gasteiger partial charge in [-0.3, -0.25) is 0 Å². The van der Waals surface area contributed by atoms with Crippen molar-refractivity contribution in [1.29, 1.82) is 0 Å². The van der Waals surface area contributed by atoms with E-state index in [1.165, 1.54) is 25.3 Å². The average molecular weight is 456 g/mol. The number of carboxylic acids is 2. The summed E-state index contributed by atoms with van der Waals surface area (Å²) in [6, 6.07) is 11.4. The summed E-state index contributed by atoms with van der Waals surface area (Å²) in [6.45, 7) is 1.99. The number of thioether (sulfide) groups is 1. The van der Waals surface area contributed by atoms with Crippen molar-refractivity contribution in [3.05, 3.63) is 70.0 Å². The van der Waals surface area contributed by atoms with E-state index in [0.29, 0.717) is 34.9 Å². The summed E-state index contributed by atoms with van der Waals surface area (Å²) >= 11 is 0.858. The number of rotatable bonds is 10. The second-order valence-corrected chi connectivity index (χ2v) is 7.43. The van der Waals surface area contributed by atoms with Gasteiger partial charge in [0.15, 0.2) is 11.5 Å². The number of nitrogens with zero attached hydrogens (tertiary/aromatic N) is 2. The van der Waals surface area contributed by atoms with Crippen LogP contribution in [0.4, 0.5) is 0 Å². The number of aryl methyl sites for hydroxylation is 1. The highest BCUT2D eigenvalue weighted by atomic mass is 32.2. The summed E-state index contributed by atoms with van der Waals surface area (Å²) in [5.74, 6) is -0.898. The quantitative estimate of drug-likeness (QED) is 0.339. The van der Waals surface area contributed by atoms with Crippen LogP contribution in [0.3, 0.4) is 0 Å². The summed E-state index contributed by atoms with van der Waals surface area (Å²) in [5.41, 5.74) is 1.43. The van der Waals surface area contributed by atoms with Gasteiger partial charge in [0.05, 0.1) is 12.7 Å². The Morgan fingerprint density at radius 1 is 1.12 bits per heavy atom. The van der Waals surface area contributed by atoms with Crippen LogP contribution in [0.2, 0.25) is 0 Å². The van der Waals surface area contributed by atoms with Gasteiger partial charge < -0.3 is 24.1 Å². The van der Waals surface area contributed by atoms with E-state index >= 15 is 0 Å². The smallest absolute Gasteiger partial charge is 0.342 e. The molecule has 1 aromatic heterocycles. The molecule has 10 heteroatoms. The maximum Gasteiger partial charge on any atom is 0.342 e. The Bertz CT molecular complexity index is 1160. The van der Waals surface area contributed by atoms with Gasteiger partial charge in [0.1, 0.15) is 11.5 Å². The predicted molar refractivity (Wildman–Crippen MR) is 116 cm³/mol. The molecule has 2 aromatic carbocycles. The third-order valence-corrected chi connectivity index (χ3v) is 5.06. The van der Waals surface area contributed by atoms with Crippen LogP contribution in [-0.4, -0.2) is 39.5 Å². The fraction of sp³-hybridized carbons (Fsp3) is 0.182. The molecule has 0 unspecified atom stereocenters. The molecule has 166 valence electrons. The lowest BCUT2D eigenvalue weighted by atomic mass is 10.1. The van der Waals surface area contributed by atoms with Crippen molar-refractivity contribution in [3.63, 3.8) is 0 Å². The Hall–Kier alpha value is -3.79. The lowest BCUT2D eigenvalue weighted by molar-refractivity contribution is -0.131. The van der Waals surface area contributed by atoms with E-state index in [4.69, 9.17) is 19.0 Å². The van der Waals surface area contributed by atoms with Gasteiger partial charge in [0.2, 0.25) is 5.89 Å². The number of benzene rings is 2. The lowest BCUT2D eigenvalue weighted by Gasteiger charge is -2.12. The summed E-state index contributed by atoms with van der Waals surface area (Å²) in [7, 11) is 1.47. The summed E-state index contributed by atoms with van der Waals surface area (Å²) in [5, 5.41) is 26.4. The molecule has 3 rings (SSSR count). The molecular formula is C22H20N2O7S. The molecule has 0 saturated carbocycles. The molecule has 2 N–H and O–H groups in total. The van der Waals surface area contributed by atoms with Crippen molar-refractivity contribution in [1.82, 2.24) is 10.2 Å². The van der Waals surface area contributed by atoms with Gasteiger partial charge >= 0.3 is 11.9 Å². The molecule has 0 atom stereocenters. The third-order valence-electron chi connectivity index (χ3n) is 4.21. The second kappa shape index (κ2) is 10.5. The molecule has 9 nitrogen and oxygen atoms in total. The summed E-state index contributed by atoms with van der Waals surface area (Å²) in [4.78, 5) is 22.8. The predicted octanol–water partition coefficient (Wildman–Crippen LogP) is 4.14. The number of ether oxygens (including phenoxy) is 2. The van der Waals surface area contributed by atoms with Crippen molar-refractivity contribution >= 4 is 29.8 Å². The normalized spacial score (nSPS) is 11.2. The van der Waals surface area contributed by atoms with E-state index in [1.807, 2.05) is 6.92 Å². The average Bonchev–Trinajstić information content (AvgIpc) is 3.25. The Morgan fingerprint density at radius 2 is 1.94 bits per heavy atom. The van der Waals surface area contributed by atoms with Crippen LogP contribution >= 0.6 is 11.8 Å². The van der Waals surface area contributed by atoms with Crippen LogP contribution in [0.15, 0.2) is 57.0 Å². The van der Waals surface area contributed by atoms with Crippen LogP contribution in [0.5, 0.6) is 11.5 Å². The Morgan fingerprint density at radius 3 is 2.59 bits per heavy atom. The first-order valence-corrected chi connectivity index (χ1v) is 10.3. The number of aliphatic carboxylic acids is 1. The van der Waals surface area contributed by atoms with E-state index in [-0.39, 0.29) is 22.3 Å². The van der Waals surface area contributed by atoms with Gasteiger partial charge in [-0.15, -0.1) is 10.2 Å². The van der Waals surface area contributed by atoms with Crippen LogP contribution in [0, 0.1) is 0 Å². The lowest BCUT2D eigenvalue weighted by Crippen LogP contribution is -2.01. The molecular weight excluding hydrogens is 436 g/mol. The van der Waals surface area contributed by atoms with Gasteiger partial charge in [-0.25, -0.2) is 9.59 Å². The maximum absolute atomic E-state index is 11.7. The van der Waals surface area contributed by atoms with Crippen molar-refractivity contribution in [2.45, 2.75) is 25.2 Å². The second-order valence-electron chi connectivity index (χ2n) is 6.44. The molecule has 0 saturated heterocycles. The molecule has 0 bridgehead atoms. The molecule has 0 radical (unpaired) electrons. The van der Waals surface area contributed by atoms with E-state index in [0.717, 1.165) is 11.8 Å². The zero-order valence-corrected chi connectivity index (χ0v) is 18.1. The monoisotopic (exact) mass is 456 g/mol. The minimum atomic E-state index is -1.14. The number of aromatic nitrogens is 2. The molecule has 3 aromatic rings. The van der Waals surface area contributed by atoms with E-state index in [1.54, 1.807) is 30.3 Å². The largest absolute Gasteiger partial charge is 0.493 e. The van der Waals surface area contributed by atoms with Gasteiger partial charge in [-0.05, 0) is 53.2 Å². The van der Waals surface area contributed by atoms with E-state index < -0.39 is 11.9 Å². The van der Waals surface area contributed by atoms with Crippen LogP contribution in [-0.2, 0) is 17.8 Å². The number of carbonyl (C=O) groups is 2. The fourth-order valence-electron chi connectivity index (χ4n) is 2.65. The van der Waals surface area contributed by atoms with Crippen LogP contribution < -0.4 is 9.47 Å². The molecule has 32 heavy (non-hydrogen) atoms. The highest BCUT2D eigenvalue weighted by Gasteiger charge is 2.16. The van der Waals surface area contributed by atoms with E-state index in [9.17, 15) is 14.7 Å². The number of hydrogen-bond acceptors (Lipinski definition) is 8. The van der Waals surface area contributed by atoms with Gasteiger partial charge in [0, 0.05) is 6.42 Å². The topological polar surface area (TPSA) is 132 Å². The van der Waals surface area contributed by atoms with Gasteiger partial charge in [-0.2, -0.15) is 0 Å². The molecule has 1 heterocycles. The minimum Gasteiger partial charge on any atom is -0.493 e. The van der Waals surface area contributed by atoms with Crippen LogP contribution in [0.1, 0.15) is 34.3 Å². The Labute approximate surface area is 187 Å². The van der Waals surface area contributed by atoms with Crippen molar-refractivity contribution < 1.29 is 33.7 Å². The number of aromatic carboxylic acids is 1. The van der Waals surface area contributed by atoms with E-state index in [2.05, 4.69) is 10.2 Å². The summed E-state index contributed by atoms with van der Waals surface area (Å²) in [6.07, 6.45) is 2.02. The van der Waals surface area contributed by atoms with Gasteiger partial charge in [0.25, 0.3) is 5.22 Å². The number of hydrogen-bond donors (Lipinski definition) is 2. The molecule has 0 aliphatic heterocycles. The van der Waals surface area contributed by atoms with Crippen molar-refractivity contribution in [3.8, 4) is 11.5 Å². The zero-order valence-electron chi connectivity index (χ0n) is 17.3. The Kier molecular flexibility index (Phi) is 7.50. The first-order valence-electron chi connectivity index (χ1n) is 9.48. The first kappa shape index (κ1) is 22.9. The fourth-order valence-corrected chi connectivity index (χ4v) is 3.34. The standard InChI is InChI=1S/C22H20N2O7S/c1-3-19-23-24-22(31-19)32-18(21(27)28)11-13-7-8-16(17(10-13)29-2)30-12-14-5-4-6-15(9-14)20(25)26/h4-11H,3,12H2,1-2H3,(H,25,26)(H,27,28)/b18-11-. The zero-order chi connectivity index (χ0) is 23.1. The Balaban J connectivity index is 1.77. The van der Waals surface area contributed by atoms with Gasteiger partial charge in [-0.1, -0.05) is 25.1 Å². The maximum atomic E-state index is 11.7. The highest BCUT2D eigenvalue weighted by Crippen LogP contribution is 2.32. The molecule has 0 fully saturated rings. The molecule has 0 aliphatic carbocycles. The molecule has 0 amide bonds. The van der Waals surface area contributed by atoms with Crippen molar-refractivity contribution in [2.75, 3.05) is 7.11 Å². The first-order chi connectivity index (χ1) is 15.4. The third kappa shape index (κ3) is 5.88. The van der Waals surface area contributed by atoms with Crippen LogP contribution in [0.25, 0.3) is 6.08 Å². The van der Waals surface area contributed by atoms with Crippen molar-refractivity contribution in [2.24, 2.45) is 0 Å². The SMILES string of the molecule is CCc1nnc(S/C(=C\c2ccc(OCc3cccc(C(=O)O)c3)c(OC)c2)C(=O)O)o1. The summed E-state index contributed by atoms with van der Waals surface area (Å²) < 4.78 is 16.5. The molecule has 0 spiro atoms. The number of methoxy groups -OCH3 is 1.